The fourth-order valence-corrected chi connectivity index (χ4v) is 2.60. The van der Waals surface area contributed by atoms with E-state index in [0.29, 0.717) is 0 Å². The molecule has 1 aromatic carbocycles. The van der Waals surface area contributed by atoms with Gasteiger partial charge in [0.1, 0.15) is 0 Å². The van der Waals surface area contributed by atoms with Crippen LogP contribution in [0.2, 0.25) is 0 Å². The van der Waals surface area contributed by atoms with Crippen LogP contribution in [-0.4, -0.2) is 55.0 Å². The molecular weight excluding hydrogens is 280 g/mol. The fraction of sp³-hybridized carbons (Fsp3) is 0.500. The van der Waals surface area contributed by atoms with Crippen molar-refractivity contribution in [2.45, 2.75) is 12.8 Å². The van der Waals surface area contributed by atoms with Gasteiger partial charge in [-0.1, -0.05) is 42.1 Å². The second kappa shape index (κ2) is 10.3. The third-order valence-corrected chi connectivity index (χ3v) is 3.87. The maximum absolute atomic E-state index is 8.81. The molecule has 21 heavy (non-hydrogen) atoms. The molecule has 0 radical (unpaired) electrons. The number of aryl methyl sites for hydroxylation is 1. The van der Waals surface area contributed by atoms with E-state index in [-0.39, 0.29) is 0 Å². The quantitative estimate of drug-likeness (QED) is 0.441. The third kappa shape index (κ3) is 7.16. The van der Waals surface area contributed by atoms with Gasteiger partial charge in [-0.2, -0.15) is 5.26 Å². The third-order valence-electron chi connectivity index (χ3n) is 3.15. The van der Waals surface area contributed by atoms with Crippen molar-refractivity contribution in [3.63, 3.8) is 0 Å². The van der Waals surface area contributed by atoms with Crippen LogP contribution in [0.3, 0.4) is 0 Å². The average Bonchev–Trinajstić information content (AvgIpc) is 2.49. The van der Waals surface area contributed by atoms with E-state index < -0.39 is 0 Å². The van der Waals surface area contributed by atoms with E-state index in [2.05, 4.69) is 53.2 Å². The molecule has 0 saturated carbocycles. The van der Waals surface area contributed by atoms with Crippen LogP contribution in [0, 0.1) is 11.5 Å². The van der Waals surface area contributed by atoms with Crippen molar-refractivity contribution in [1.29, 1.82) is 5.26 Å². The molecule has 0 unspecified atom stereocenters. The van der Waals surface area contributed by atoms with E-state index in [9.17, 15) is 0 Å². The molecule has 0 spiro atoms. The fourth-order valence-electron chi connectivity index (χ4n) is 2.03. The molecular formula is C16H24N4S. The first-order valence-corrected chi connectivity index (χ1v) is 8.34. The van der Waals surface area contributed by atoms with E-state index in [0.717, 1.165) is 37.6 Å². The number of hydrogen-bond acceptors (Lipinski definition) is 4. The Morgan fingerprint density at radius 1 is 1.19 bits per heavy atom. The molecule has 0 aliphatic carbocycles. The lowest BCUT2D eigenvalue weighted by atomic mass is 10.1. The van der Waals surface area contributed by atoms with E-state index in [1.165, 1.54) is 17.3 Å². The first-order valence-electron chi connectivity index (χ1n) is 7.11. The smallest absolute Gasteiger partial charge is 0.208 e. The Labute approximate surface area is 132 Å². The number of aliphatic imine (C=N–C) groups is 1. The van der Waals surface area contributed by atoms with E-state index in [4.69, 9.17) is 5.26 Å². The summed E-state index contributed by atoms with van der Waals surface area (Å²) >= 11 is 1.54. The largest absolute Gasteiger partial charge is 0.349 e. The summed E-state index contributed by atoms with van der Waals surface area (Å²) in [4.78, 5) is 8.29. The number of benzene rings is 1. The highest BCUT2D eigenvalue weighted by Crippen LogP contribution is 2.09. The van der Waals surface area contributed by atoms with Crippen molar-refractivity contribution in [2.75, 3.05) is 40.0 Å². The number of rotatable bonds is 7. The highest BCUT2D eigenvalue weighted by Gasteiger charge is 2.10. The number of likely N-dealkylation sites (N-methyl/N-ethyl adjacent to an activating group) is 1. The van der Waals surface area contributed by atoms with Crippen LogP contribution in [0.5, 0.6) is 0 Å². The Kier molecular flexibility index (Phi) is 8.56. The molecule has 114 valence electrons. The normalized spacial score (nSPS) is 11.5. The lowest BCUT2D eigenvalue weighted by Gasteiger charge is -2.25. The molecule has 0 bridgehead atoms. The number of nitriles is 1. The summed E-state index contributed by atoms with van der Waals surface area (Å²) in [6.45, 7) is 2.77. The van der Waals surface area contributed by atoms with E-state index >= 15 is 0 Å². The molecule has 1 aromatic rings. The molecule has 0 aliphatic heterocycles. The van der Waals surface area contributed by atoms with Crippen molar-refractivity contribution < 1.29 is 0 Å². The van der Waals surface area contributed by atoms with Crippen molar-refractivity contribution in [1.82, 2.24) is 9.80 Å². The predicted molar refractivity (Wildman–Crippen MR) is 91.5 cm³/mol. The first-order chi connectivity index (χ1) is 10.2. The molecule has 0 N–H and O–H groups in total. The van der Waals surface area contributed by atoms with Crippen LogP contribution in [0.25, 0.3) is 0 Å². The van der Waals surface area contributed by atoms with Crippen LogP contribution in [-0.2, 0) is 6.42 Å². The number of nitrogens with zero attached hydrogens (tertiary/aromatic N) is 4. The van der Waals surface area contributed by atoms with Gasteiger partial charge in [0.15, 0.2) is 5.17 Å². The minimum atomic E-state index is 0.812. The van der Waals surface area contributed by atoms with Crippen LogP contribution in [0.1, 0.15) is 12.0 Å². The molecule has 4 nitrogen and oxygen atoms in total. The van der Waals surface area contributed by atoms with Gasteiger partial charge in [0, 0.05) is 19.6 Å². The lowest BCUT2D eigenvalue weighted by Crippen LogP contribution is -2.36. The summed E-state index contributed by atoms with van der Waals surface area (Å²) < 4.78 is 0. The van der Waals surface area contributed by atoms with Crippen LogP contribution in [0.4, 0.5) is 0 Å². The Bertz CT molecular complexity index is 465. The Balaban J connectivity index is 2.56. The molecule has 0 aromatic heterocycles. The lowest BCUT2D eigenvalue weighted by molar-refractivity contribution is 0.330. The summed E-state index contributed by atoms with van der Waals surface area (Å²) in [5.74, 6) is 0. The van der Waals surface area contributed by atoms with Gasteiger partial charge in [0.25, 0.3) is 0 Å². The highest BCUT2D eigenvalue weighted by atomic mass is 32.2. The molecule has 5 heteroatoms. The van der Waals surface area contributed by atoms with Crippen molar-refractivity contribution in [3.05, 3.63) is 35.9 Å². The zero-order chi connectivity index (χ0) is 15.5. The molecule has 0 heterocycles. The van der Waals surface area contributed by atoms with Gasteiger partial charge in [0.05, 0.1) is 0 Å². The Hall–Kier alpha value is -1.51. The molecule has 0 saturated heterocycles. The summed E-state index contributed by atoms with van der Waals surface area (Å²) in [7, 11) is 4.12. The highest BCUT2D eigenvalue weighted by molar-refractivity contribution is 8.13. The summed E-state index contributed by atoms with van der Waals surface area (Å²) in [6.07, 6.45) is 5.98. The van der Waals surface area contributed by atoms with Crippen LogP contribution >= 0.6 is 11.8 Å². The van der Waals surface area contributed by atoms with E-state index in [1.807, 2.05) is 18.5 Å². The zero-order valence-corrected chi connectivity index (χ0v) is 13.9. The SMILES string of the molecule is CSC(=NC#N)N(CCCc1ccccc1)CCN(C)C. The standard InChI is InChI=1S/C16H24N4S/c1-19(2)12-13-20(16(21-3)18-14-17)11-7-10-15-8-5-4-6-9-15/h4-6,8-9H,7,10-13H2,1-3H3. The van der Waals surface area contributed by atoms with Crippen molar-refractivity contribution in [3.8, 4) is 6.19 Å². The first kappa shape index (κ1) is 17.5. The maximum atomic E-state index is 8.81. The van der Waals surface area contributed by atoms with Gasteiger partial charge >= 0.3 is 0 Å². The monoisotopic (exact) mass is 304 g/mol. The van der Waals surface area contributed by atoms with Gasteiger partial charge in [-0.15, -0.1) is 4.99 Å². The van der Waals surface area contributed by atoms with Gasteiger partial charge in [0.2, 0.25) is 6.19 Å². The van der Waals surface area contributed by atoms with Gasteiger partial charge < -0.3 is 9.80 Å². The van der Waals surface area contributed by atoms with Gasteiger partial charge in [-0.05, 0) is 38.8 Å². The minimum absolute atomic E-state index is 0.812. The van der Waals surface area contributed by atoms with Crippen LogP contribution < -0.4 is 0 Å². The average molecular weight is 304 g/mol. The zero-order valence-electron chi connectivity index (χ0n) is 13.1. The molecule has 0 aliphatic rings. The number of amidine groups is 1. The van der Waals surface area contributed by atoms with Crippen molar-refractivity contribution >= 4 is 16.9 Å². The predicted octanol–water partition coefficient (Wildman–Crippen LogP) is 2.68. The summed E-state index contributed by atoms with van der Waals surface area (Å²) in [6, 6.07) is 10.5. The molecule has 0 atom stereocenters. The van der Waals surface area contributed by atoms with E-state index in [1.54, 1.807) is 0 Å². The minimum Gasteiger partial charge on any atom is -0.349 e. The summed E-state index contributed by atoms with van der Waals surface area (Å²) in [5, 5.41) is 9.62. The van der Waals surface area contributed by atoms with Crippen molar-refractivity contribution in [2.24, 2.45) is 4.99 Å². The van der Waals surface area contributed by atoms with Gasteiger partial charge in [-0.25, -0.2) is 0 Å². The Morgan fingerprint density at radius 3 is 2.48 bits per heavy atom. The number of thioether (sulfide) groups is 1. The topological polar surface area (TPSA) is 42.6 Å². The molecule has 1 rings (SSSR count). The summed E-state index contributed by atoms with van der Waals surface area (Å²) in [5.41, 5.74) is 1.35. The Morgan fingerprint density at radius 2 is 1.90 bits per heavy atom. The second-order valence-electron chi connectivity index (χ2n) is 5.08. The molecule has 0 fully saturated rings. The number of hydrogen-bond donors (Lipinski definition) is 0. The van der Waals surface area contributed by atoms with Crippen LogP contribution in [0.15, 0.2) is 35.3 Å². The van der Waals surface area contributed by atoms with Gasteiger partial charge in [-0.3, -0.25) is 0 Å². The maximum Gasteiger partial charge on any atom is 0.208 e. The molecule has 0 amide bonds. The second-order valence-corrected chi connectivity index (χ2v) is 5.85.